The summed E-state index contributed by atoms with van der Waals surface area (Å²) in [5, 5.41) is 6.54. The molecular weight excluding hydrogens is 454 g/mol. The Morgan fingerprint density at radius 2 is 1.83 bits per heavy atom. The Balaban J connectivity index is 1.85. The second kappa shape index (κ2) is 11.1. The van der Waals surface area contributed by atoms with E-state index in [-0.39, 0.29) is 24.5 Å². The van der Waals surface area contributed by atoms with Gasteiger partial charge in [-0.05, 0) is 59.6 Å². The van der Waals surface area contributed by atoms with Gasteiger partial charge in [0.2, 0.25) is 5.91 Å². The minimum Gasteiger partial charge on any atom is -0.483 e. The van der Waals surface area contributed by atoms with Gasteiger partial charge in [-0.15, -0.1) is 0 Å². The first-order valence-electron chi connectivity index (χ1n) is 8.98. The number of nitrogens with zero attached hydrogens (tertiary/aromatic N) is 1. The summed E-state index contributed by atoms with van der Waals surface area (Å²) in [6.07, 6.45) is -0.0693. The molecule has 9 heteroatoms. The number of ether oxygens (including phenoxy) is 2. The van der Waals surface area contributed by atoms with Crippen LogP contribution in [-0.4, -0.2) is 37.2 Å². The average molecular weight is 476 g/mol. The third kappa shape index (κ3) is 7.00. The van der Waals surface area contributed by atoms with Crippen molar-refractivity contribution < 1.29 is 23.9 Å². The van der Waals surface area contributed by atoms with Gasteiger partial charge >= 0.3 is 5.97 Å². The van der Waals surface area contributed by atoms with Gasteiger partial charge in [-0.25, -0.2) is 10.2 Å². The first kappa shape index (κ1) is 23.1. The maximum atomic E-state index is 12.2. The van der Waals surface area contributed by atoms with E-state index in [0.29, 0.717) is 17.1 Å². The molecule has 0 saturated heterocycles. The number of hydrogen-bond donors (Lipinski definition) is 2. The fourth-order valence-corrected chi connectivity index (χ4v) is 3.01. The lowest BCUT2D eigenvalue weighted by Crippen LogP contribution is -2.26. The summed E-state index contributed by atoms with van der Waals surface area (Å²) < 4.78 is 10.9. The monoisotopic (exact) mass is 475 g/mol. The van der Waals surface area contributed by atoms with Crippen molar-refractivity contribution in [1.29, 1.82) is 0 Å². The second-order valence-electron chi connectivity index (χ2n) is 6.37. The van der Waals surface area contributed by atoms with Crippen LogP contribution >= 0.6 is 15.9 Å². The van der Waals surface area contributed by atoms with Crippen LogP contribution in [0.4, 0.5) is 5.69 Å². The molecule has 0 heterocycles. The van der Waals surface area contributed by atoms with Crippen molar-refractivity contribution in [2.75, 3.05) is 19.0 Å². The molecular formula is C21H22BrN3O5. The molecule has 0 bridgehead atoms. The number of rotatable bonds is 8. The van der Waals surface area contributed by atoms with Gasteiger partial charge in [0, 0.05) is 5.71 Å². The zero-order chi connectivity index (χ0) is 22.1. The van der Waals surface area contributed by atoms with Crippen molar-refractivity contribution in [3.05, 3.63) is 58.1 Å². The van der Waals surface area contributed by atoms with Crippen LogP contribution in [0.2, 0.25) is 0 Å². The molecule has 8 nitrogen and oxygen atoms in total. The van der Waals surface area contributed by atoms with Crippen LogP contribution in [0.25, 0.3) is 0 Å². The lowest BCUT2D eigenvalue weighted by Gasteiger charge is -2.10. The predicted octanol–water partition coefficient (Wildman–Crippen LogP) is 3.44. The molecule has 0 aliphatic carbocycles. The highest BCUT2D eigenvalue weighted by Gasteiger charge is 2.14. The van der Waals surface area contributed by atoms with E-state index in [1.54, 1.807) is 37.3 Å². The predicted molar refractivity (Wildman–Crippen MR) is 117 cm³/mol. The highest BCUT2D eigenvalue weighted by atomic mass is 79.9. The molecule has 2 N–H and O–H groups in total. The number of amides is 2. The quantitative estimate of drug-likeness (QED) is 0.345. The molecule has 2 aromatic rings. The number of hydrogen-bond acceptors (Lipinski definition) is 6. The van der Waals surface area contributed by atoms with E-state index in [1.165, 1.54) is 7.11 Å². The maximum absolute atomic E-state index is 12.2. The van der Waals surface area contributed by atoms with E-state index in [9.17, 15) is 14.4 Å². The third-order valence-corrected chi connectivity index (χ3v) is 4.46. The van der Waals surface area contributed by atoms with E-state index in [0.717, 1.165) is 10.0 Å². The summed E-state index contributed by atoms with van der Waals surface area (Å²) in [4.78, 5) is 35.9. The molecule has 0 aromatic heterocycles. The molecule has 2 rings (SSSR count). The normalized spacial score (nSPS) is 10.9. The Hall–Kier alpha value is -3.20. The van der Waals surface area contributed by atoms with Crippen LogP contribution in [0.5, 0.6) is 5.75 Å². The zero-order valence-electron chi connectivity index (χ0n) is 16.8. The molecule has 0 saturated carbocycles. The van der Waals surface area contributed by atoms with E-state index in [2.05, 4.69) is 31.8 Å². The minimum atomic E-state index is -0.552. The number of aryl methyl sites for hydroxylation is 1. The van der Waals surface area contributed by atoms with Crippen LogP contribution in [0, 0.1) is 6.92 Å². The SMILES string of the molecule is COC(=O)c1ccccc1NC(=O)C/C(C)=N/NC(=O)COc1ccc(C)cc1Br. The van der Waals surface area contributed by atoms with Crippen molar-refractivity contribution in [3.63, 3.8) is 0 Å². The molecule has 0 unspecified atom stereocenters. The molecule has 0 aliphatic heterocycles. The zero-order valence-corrected chi connectivity index (χ0v) is 18.4. The smallest absolute Gasteiger partial charge is 0.339 e. The summed E-state index contributed by atoms with van der Waals surface area (Å²) in [7, 11) is 1.27. The van der Waals surface area contributed by atoms with E-state index in [4.69, 9.17) is 9.47 Å². The molecule has 0 fully saturated rings. The second-order valence-corrected chi connectivity index (χ2v) is 7.22. The Kier molecular flexibility index (Phi) is 8.54. The Morgan fingerprint density at radius 3 is 2.53 bits per heavy atom. The number of methoxy groups -OCH3 is 1. The maximum Gasteiger partial charge on any atom is 0.339 e. The lowest BCUT2D eigenvalue weighted by atomic mass is 10.1. The van der Waals surface area contributed by atoms with Crippen LogP contribution in [0.15, 0.2) is 52.0 Å². The number of nitrogens with one attached hydrogen (secondary N) is 2. The van der Waals surface area contributed by atoms with Crippen molar-refractivity contribution >= 4 is 45.1 Å². The van der Waals surface area contributed by atoms with E-state index >= 15 is 0 Å². The molecule has 0 spiro atoms. The van der Waals surface area contributed by atoms with Crippen molar-refractivity contribution in [2.45, 2.75) is 20.3 Å². The number of halogens is 1. The Bertz CT molecular complexity index is 975. The molecule has 158 valence electrons. The number of carbonyl (C=O) groups is 3. The van der Waals surface area contributed by atoms with Crippen molar-refractivity contribution in [1.82, 2.24) is 5.43 Å². The molecule has 0 atom stereocenters. The van der Waals surface area contributed by atoms with Gasteiger partial charge < -0.3 is 14.8 Å². The molecule has 2 aromatic carbocycles. The largest absolute Gasteiger partial charge is 0.483 e. The van der Waals surface area contributed by atoms with Gasteiger partial charge in [0.05, 0.1) is 29.3 Å². The number of esters is 1. The summed E-state index contributed by atoms with van der Waals surface area (Å²) in [5.41, 5.74) is 4.37. The van der Waals surface area contributed by atoms with Crippen LogP contribution in [0.1, 0.15) is 29.3 Å². The average Bonchev–Trinajstić information content (AvgIpc) is 2.71. The topological polar surface area (TPSA) is 106 Å². The Morgan fingerprint density at radius 1 is 1.10 bits per heavy atom. The number of anilines is 1. The first-order valence-corrected chi connectivity index (χ1v) is 9.77. The van der Waals surface area contributed by atoms with Crippen LogP contribution < -0.4 is 15.5 Å². The van der Waals surface area contributed by atoms with E-state index in [1.807, 2.05) is 19.1 Å². The van der Waals surface area contributed by atoms with E-state index < -0.39 is 11.9 Å². The summed E-state index contributed by atoms with van der Waals surface area (Å²) in [6, 6.07) is 12.0. The highest BCUT2D eigenvalue weighted by molar-refractivity contribution is 9.10. The molecule has 30 heavy (non-hydrogen) atoms. The number of hydrazone groups is 1. The van der Waals surface area contributed by atoms with Crippen molar-refractivity contribution in [2.24, 2.45) is 5.10 Å². The standard InChI is InChI=1S/C21H22BrN3O5/c1-13-8-9-18(16(22)10-13)30-12-20(27)25-24-14(2)11-19(26)23-17-7-5-4-6-15(17)21(28)29-3/h4-10H,11-12H2,1-3H3,(H,23,26)(H,25,27)/b24-14+. The van der Waals surface area contributed by atoms with Crippen LogP contribution in [0.3, 0.4) is 0 Å². The third-order valence-electron chi connectivity index (χ3n) is 3.84. The number of benzene rings is 2. The summed E-state index contributed by atoms with van der Waals surface area (Å²) in [5.74, 6) is -0.858. The molecule has 2 amide bonds. The fraction of sp³-hybridized carbons (Fsp3) is 0.238. The highest BCUT2D eigenvalue weighted by Crippen LogP contribution is 2.25. The van der Waals surface area contributed by atoms with Gasteiger partial charge in [0.15, 0.2) is 6.61 Å². The molecule has 0 radical (unpaired) electrons. The van der Waals surface area contributed by atoms with Crippen molar-refractivity contribution in [3.8, 4) is 5.75 Å². The number of carbonyl (C=O) groups excluding carboxylic acids is 3. The van der Waals surface area contributed by atoms with Gasteiger partial charge in [-0.2, -0.15) is 5.10 Å². The number of para-hydroxylation sites is 1. The fourth-order valence-electron chi connectivity index (χ4n) is 2.40. The first-order chi connectivity index (χ1) is 14.3. The van der Waals surface area contributed by atoms with Gasteiger partial charge in [-0.3, -0.25) is 9.59 Å². The minimum absolute atomic E-state index is 0.0693. The summed E-state index contributed by atoms with van der Waals surface area (Å²) >= 11 is 3.37. The lowest BCUT2D eigenvalue weighted by molar-refractivity contribution is -0.123. The summed E-state index contributed by atoms with van der Waals surface area (Å²) in [6.45, 7) is 3.32. The van der Waals surface area contributed by atoms with Gasteiger partial charge in [0.1, 0.15) is 5.75 Å². The van der Waals surface area contributed by atoms with Crippen LogP contribution in [-0.2, 0) is 14.3 Å². The molecule has 0 aliphatic rings. The van der Waals surface area contributed by atoms with Gasteiger partial charge in [0.25, 0.3) is 5.91 Å². The van der Waals surface area contributed by atoms with Gasteiger partial charge in [-0.1, -0.05) is 18.2 Å². The Labute approximate surface area is 182 Å².